The minimum atomic E-state index is 0.472. The number of nitrogens with zero attached hydrogens (tertiary/aromatic N) is 3. The molecular weight excluding hydrogens is 164 g/mol. The predicted octanol–water partition coefficient (Wildman–Crippen LogP) is 0.735. The molecule has 0 aliphatic heterocycles. The van der Waals surface area contributed by atoms with Crippen LogP contribution in [-0.4, -0.2) is 14.5 Å². The van der Waals surface area contributed by atoms with Gasteiger partial charge in [0.25, 0.3) is 0 Å². The highest BCUT2D eigenvalue weighted by atomic mass is 15.1. The first-order valence-corrected chi connectivity index (χ1v) is 4.21. The van der Waals surface area contributed by atoms with E-state index >= 15 is 0 Å². The van der Waals surface area contributed by atoms with E-state index < -0.39 is 0 Å². The number of hydrogen-bond acceptors (Lipinski definition) is 3. The fourth-order valence-corrected chi connectivity index (χ4v) is 1.33. The highest BCUT2D eigenvalue weighted by Gasteiger charge is 2.04. The minimum absolute atomic E-state index is 0.472. The number of pyridine rings is 1. The zero-order valence-electron chi connectivity index (χ0n) is 7.78. The molecule has 0 aliphatic carbocycles. The molecule has 0 saturated heterocycles. The van der Waals surface area contributed by atoms with Gasteiger partial charge in [-0.3, -0.25) is 0 Å². The maximum atomic E-state index is 5.51. The van der Waals surface area contributed by atoms with E-state index in [1.54, 1.807) is 0 Å². The van der Waals surface area contributed by atoms with Crippen LogP contribution in [0.15, 0.2) is 12.1 Å². The van der Waals surface area contributed by atoms with Gasteiger partial charge in [0.05, 0.1) is 5.69 Å². The average Bonchev–Trinajstić information content (AvgIpc) is 2.43. The molecule has 2 rings (SSSR count). The van der Waals surface area contributed by atoms with Gasteiger partial charge in [0.2, 0.25) is 0 Å². The number of hydrogen-bond donors (Lipinski definition) is 1. The van der Waals surface area contributed by atoms with Crippen molar-refractivity contribution in [2.45, 2.75) is 13.5 Å². The molecule has 2 aromatic rings. The molecule has 68 valence electrons. The van der Waals surface area contributed by atoms with Gasteiger partial charge in [-0.25, -0.2) is 9.97 Å². The second-order valence-electron chi connectivity index (χ2n) is 3.07. The summed E-state index contributed by atoms with van der Waals surface area (Å²) in [4.78, 5) is 8.74. The molecule has 0 fully saturated rings. The summed E-state index contributed by atoms with van der Waals surface area (Å²) in [6.07, 6.45) is 0. The van der Waals surface area contributed by atoms with E-state index in [1.165, 1.54) is 0 Å². The fourth-order valence-electron chi connectivity index (χ4n) is 1.33. The van der Waals surface area contributed by atoms with Crippen LogP contribution in [0.1, 0.15) is 11.5 Å². The van der Waals surface area contributed by atoms with Gasteiger partial charge >= 0.3 is 0 Å². The smallest absolute Gasteiger partial charge is 0.160 e. The molecule has 4 nitrogen and oxygen atoms in total. The Kier molecular flexibility index (Phi) is 1.77. The third kappa shape index (κ3) is 1.19. The van der Waals surface area contributed by atoms with Gasteiger partial charge < -0.3 is 10.3 Å². The predicted molar refractivity (Wildman–Crippen MR) is 51.1 cm³/mol. The fraction of sp³-hybridized carbons (Fsp3) is 0.333. The van der Waals surface area contributed by atoms with Crippen LogP contribution in [0.4, 0.5) is 0 Å². The van der Waals surface area contributed by atoms with Gasteiger partial charge in [0.1, 0.15) is 11.3 Å². The number of fused-ring (bicyclic) bond motifs is 1. The van der Waals surface area contributed by atoms with Crippen molar-refractivity contribution in [3.05, 3.63) is 23.7 Å². The summed E-state index contributed by atoms with van der Waals surface area (Å²) in [5, 5.41) is 0. The topological polar surface area (TPSA) is 56.7 Å². The maximum Gasteiger partial charge on any atom is 0.160 e. The van der Waals surface area contributed by atoms with E-state index in [1.807, 2.05) is 30.7 Å². The Morgan fingerprint density at radius 2 is 2.15 bits per heavy atom. The Balaban J connectivity index is 2.75. The molecule has 0 atom stereocenters. The zero-order chi connectivity index (χ0) is 9.42. The molecule has 0 bridgehead atoms. The molecule has 0 saturated carbocycles. The van der Waals surface area contributed by atoms with Crippen molar-refractivity contribution in [2.75, 3.05) is 0 Å². The Morgan fingerprint density at radius 1 is 1.38 bits per heavy atom. The van der Waals surface area contributed by atoms with Crippen LogP contribution >= 0.6 is 0 Å². The van der Waals surface area contributed by atoms with E-state index in [4.69, 9.17) is 5.73 Å². The SMILES string of the molecule is Cc1nc2ccc(CN)nc2n1C. The maximum absolute atomic E-state index is 5.51. The van der Waals surface area contributed by atoms with Crippen LogP contribution in [-0.2, 0) is 13.6 Å². The lowest BCUT2D eigenvalue weighted by molar-refractivity contribution is 0.866. The lowest BCUT2D eigenvalue weighted by Crippen LogP contribution is -2.00. The summed E-state index contributed by atoms with van der Waals surface area (Å²) in [5.41, 5.74) is 8.24. The Labute approximate surface area is 76.4 Å². The van der Waals surface area contributed by atoms with Crippen molar-refractivity contribution in [3.63, 3.8) is 0 Å². The highest BCUT2D eigenvalue weighted by Crippen LogP contribution is 2.12. The molecule has 0 radical (unpaired) electrons. The second kappa shape index (κ2) is 2.81. The van der Waals surface area contributed by atoms with Crippen molar-refractivity contribution < 1.29 is 0 Å². The zero-order valence-corrected chi connectivity index (χ0v) is 7.78. The number of aromatic nitrogens is 3. The van der Waals surface area contributed by atoms with Gasteiger partial charge in [-0.15, -0.1) is 0 Å². The Bertz CT molecular complexity index is 444. The summed E-state index contributed by atoms with van der Waals surface area (Å²) < 4.78 is 1.97. The van der Waals surface area contributed by atoms with Crippen LogP contribution in [0, 0.1) is 6.92 Å². The van der Waals surface area contributed by atoms with Gasteiger partial charge in [-0.1, -0.05) is 0 Å². The van der Waals surface area contributed by atoms with E-state index in [2.05, 4.69) is 9.97 Å². The first-order chi connectivity index (χ1) is 6.22. The van der Waals surface area contributed by atoms with Crippen LogP contribution in [0.2, 0.25) is 0 Å². The molecule has 0 unspecified atom stereocenters. The number of aryl methyl sites for hydroxylation is 2. The van der Waals surface area contributed by atoms with Crippen LogP contribution < -0.4 is 5.73 Å². The molecule has 2 heterocycles. The van der Waals surface area contributed by atoms with Gasteiger partial charge in [0, 0.05) is 13.6 Å². The molecular formula is C9H12N4. The Morgan fingerprint density at radius 3 is 2.85 bits per heavy atom. The molecule has 0 amide bonds. The summed E-state index contributed by atoms with van der Waals surface area (Å²) in [6, 6.07) is 3.87. The quantitative estimate of drug-likeness (QED) is 0.697. The standard InChI is InChI=1S/C9H12N4/c1-6-11-8-4-3-7(5-10)12-9(8)13(6)2/h3-4H,5,10H2,1-2H3. The normalized spacial score (nSPS) is 11.0. The summed E-state index contributed by atoms with van der Waals surface area (Å²) in [5.74, 6) is 0.969. The van der Waals surface area contributed by atoms with Crippen LogP contribution in [0.5, 0.6) is 0 Å². The van der Waals surface area contributed by atoms with E-state index in [0.717, 1.165) is 22.7 Å². The molecule has 13 heavy (non-hydrogen) atoms. The van der Waals surface area contributed by atoms with Crippen molar-refractivity contribution in [1.82, 2.24) is 14.5 Å². The molecule has 2 N–H and O–H groups in total. The lowest BCUT2D eigenvalue weighted by atomic mass is 10.3. The highest BCUT2D eigenvalue weighted by molar-refractivity contribution is 5.71. The molecule has 0 aliphatic rings. The van der Waals surface area contributed by atoms with Gasteiger partial charge in [-0.05, 0) is 19.1 Å². The first kappa shape index (κ1) is 8.19. The second-order valence-corrected chi connectivity index (χ2v) is 3.07. The third-order valence-corrected chi connectivity index (χ3v) is 2.21. The summed E-state index contributed by atoms with van der Waals surface area (Å²) in [6.45, 7) is 2.43. The number of rotatable bonds is 1. The lowest BCUT2D eigenvalue weighted by Gasteiger charge is -1.97. The van der Waals surface area contributed by atoms with Crippen LogP contribution in [0.25, 0.3) is 11.2 Å². The molecule has 0 aromatic carbocycles. The molecule has 4 heteroatoms. The number of nitrogens with two attached hydrogens (primary N) is 1. The van der Waals surface area contributed by atoms with Gasteiger partial charge in [0.15, 0.2) is 5.65 Å². The largest absolute Gasteiger partial charge is 0.325 e. The summed E-state index contributed by atoms with van der Waals surface area (Å²) >= 11 is 0. The van der Waals surface area contributed by atoms with Crippen molar-refractivity contribution >= 4 is 11.2 Å². The monoisotopic (exact) mass is 176 g/mol. The first-order valence-electron chi connectivity index (χ1n) is 4.21. The minimum Gasteiger partial charge on any atom is -0.325 e. The third-order valence-electron chi connectivity index (χ3n) is 2.21. The van der Waals surface area contributed by atoms with E-state index in [9.17, 15) is 0 Å². The average molecular weight is 176 g/mol. The number of imidazole rings is 1. The van der Waals surface area contributed by atoms with E-state index in [-0.39, 0.29) is 0 Å². The van der Waals surface area contributed by atoms with E-state index in [0.29, 0.717) is 6.54 Å². The van der Waals surface area contributed by atoms with Crippen molar-refractivity contribution in [1.29, 1.82) is 0 Å². The summed E-state index contributed by atoms with van der Waals surface area (Å²) in [7, 11) is 1.96. The van der Waals surface area contributed by atoms with Crippen molar-refractivity contribution in [2.24, 2.45) is 12.8 Å². The Hall–Kier alpha value is -1.42. The van der Waals surface area contributed by atoms with Crippen LogP contribution in [0.3, 0.4) is 0 Å². The van der Waals surface area contributed by atoms with Crippen molar-refractivity contribution in [3.8, 4) is 0 Å². The van der Waals surface area contributed by atoms with Gasteiger partial charge in [-0.2, -0.15) is 0 Å². The molecule has 2 aromatic heterocycles. The molecule has 0 spiro atoms.